The molecule has 1 unspecified atom stereocenters. The fourth-order valence-electron chi connectivity index (χ4n) is 6.60. The largest absolute Gasteiger partial charge is 0.359 e. The van der Waals surface area contributed by atoms with Gasteiger partial charge in [-0.1, -0.05) is 13.0 Å². The number of hydrogen-bond acceptors (Lipinski definition) is 8. The van der Waals surface area contributed by atoms with Crippen LogP contribution in [0.15, 0.2) is 36.8 Å². The first kappa shape index (κ1) is 29.3. The van der Waals surface area contributed by atoms with Gasteiger partial charge in [-0.25, -0.2) is 0 Å². The van der Waals surface area contributed by atoms with Crippen molar-refractivity contribution in [1.82, 2.24) is 24.6 Å². The predicted octanol–water partition coefficient (Wildman–Crippen LogP) is 4.57. The van der Waals surface area contributed by atoms with E-state index in [1.54, 1.807) is 11.1 Å². The molecule has 3 aliphatic heterocycles. The van der Waals surface area contributed by atoms with E-state index in [0.29, 0.717) is 36.1 Å². The molecule has 0 saturated carbocycles. The number of ether oxygens (including phenoxy) is 1. The second kappa shape index (κ2) is 12.8. The molecule has 3 aliphatic rings. The number of pyridine rings is 1. The van der Waals surface area contributed by atoms with Crippen LogP contribution in [0.4, 0.5) is 11.4 Å². The van der Waals surface area contributed by atoms with E-state index < -0.39 is 11.8 Å². The normalized spacial score (nSPS) is 23.7. The quantitative estimate of drug-likeness (QED) is 0.285. The van der Waals surface area contributed by atoms with E-state index in [0.717, 1.165) is 74.5 Å². The van der Waals surface area contributed by atoms with Gasteiger partial charge in [-0.3, -0.25) is 19.3 Å². The van der Waals surface area contributed by atoms with Crippen molar-refractivity contribution < 1.29 is 14.3 Å². The molecule has 0 bridgehead atoms. The lowest BCUT2D eigenvalue weighted by Gasteiger charge is -2.38. The summed E-state index contributed by atoms with van der Waals surface area (Å²) in [6, 6.07) is 6.42. The molecule has 6 rings (SSSR count). The number of rotatable bonds is 6. The summed E-state index contributed by atoms with van der Waals surface area (Å²) in [7, 11) is 2.16. The molecule has 3 saturated heterocycles. The number of likely N-dealkylation sites (tertiary alicyclic amines) is 2. The molecule has 3 fully saturated rings. The number of hydrogen-bond donors (Lipinski definition) is 3. The lowest BCUT2D eigenvalue weighted by molar-refractivity contribution is -0.146. The number of anilines is 2. The minimum absolute atomic E-state index is 0.204. The van der Waals surface area contributed by atoms with Gasteiger partial charge in [0.1, 0.15) is 6.23 Å². The first-order chi connectivity index (χ1) is 20.9. The zero-order valence-electron chi connectivity index (χ0n) is 25.1. The van der Waals surface area contributed by atoms with Gasteiger partial charge in [0.2, 0.25) is 0 Å². The molecule has 2 aromatic heterocycles. The zero-order valence-corrected chi connectivity index (χ0v) is 25.1. The van der Waals surface area contributed by atoms with Gasteiger partial charge < -0.3 is 30.6 Å². The van der Waals surface area contributed by atoms with E-state index in [4.69, 9.17) is 15.2 Å². The summed E-state index contributed by atoms with van der Waals surface area (Å²) in [5.41, 5.74) is 3.38. The van der Waals surface area contributed by atoms with Crippen molar-refractivity contribution in [2.45, 2.75) is 70.2 Å². The average Bonchev–Trinajstić information content (AvgIpc) is 3.46. The van der Waals surface area contributed by atoms with Gasteiger partial charge in [-0.2, -0.15) is 5.10 Å². The van der Waals surface area contributed by atoms with Crippen molar-refractivity contribution in [2.75, 3.05) is 43.9 Å². The van der Waals surface area contributed by atoms with Crippen molar-refractivity contribution in [3.63, 3.8) is 0 Å². The molecular formula is C32H42N8O3. The Morgan fingerprint density at radius 2 is 1.93 bits per heavy atom. The number of piperidine rings is 2. The Bertz CT molecular complexity index is 1470. The molecule has 228 valence electrons. The number of nitrogens with one attached hydrogen (secondary N) is 3. The standard InChI is InChI=1S/C32H42N8O3/c1-21-6-9-28(22-7-8-26-23(15-22)20-40(37-26)25-10-12-38(2)13-11-25)39(19-21)32(42)31(41)35-27-18-34-17-24(16-33)30(27)36-29-5-3-4-14-43-29/h7-8,15-18,20-21,25,28-29,33H,3-6,9-14,19H2,1-2H3,(H,34,36)(H,35,41)/t21-,28+,29?/m0/s1. The topological polar surface area (TPSA) is 128 Å². The third-order valence-electron chi connectivity index (χ3n) is 9.13. The SMILES string of the molecule is C[C@H]1CC[C@H](c2ccc3nn(C4CCN(C)CC4)cc3c2)N(C(=O)C(=O)Nc2cncc(C=N)c2NC2CCCCO2)C1. The fourth-order valence-corrected chi connectivity index (χ4v) is 6.60. The highest BCUT2D eigenvalue weighted by Gasteiger charge is 2.35. The molecular weight excluding hydrogens is 544 g/mol. The van der Waals surface area contributed by atoms with Gasteiger partial charge in [0.25, 0.3) is 0 Å². The Kier molecular flexibility index (Phi) is 8.71. The van der Waals surface area contributed by atoms with E-state index in [9.17, 15) is 9.59 Å². The second-order valence-corrected chi connectivity index (χ2v) is 12.4. The molecule has 0 aliphatic carbocycles. The molecule has 3 atom stereocenters. The summed E-state index contributed by atoms with van der Waals surface area (Å²) < 4.78 is 7.94. The summed E-state index contributed by atoms with van der Waals surface area (Å²) in [5, 5.41) is 19.9. The van der Waals surface area contributed by atoms with Gasteiger partial charge in [0, 0.05) is 42.7 Å². The molecule has 3 aromatic rings. The summed E-state index contributed by atoms with van der Waals surface area (Å²) in [6.07, 6.45) is 12.9. The van der Waals surface area contributed by atoms with Crippen molar-refractivity contribution >= 4 is 40.3 Å². The van der Waals surface area contributed by atoms with Gasteiger partial charge in [0.05, 0.1) is 35.2 Å². The van der Waals surface area contributed by atoms with Crippen molar-refractivity contribution in [3.8, 4) is 0 Å². The monoisotopic (exact) mass is 586 g/mol. The van der Waals surface area contributed by atoms with Crippen molar-refractivity contribution in [3.05, 3.63) is 47.9 Å². The van der Waals surface area contributed by atoms with Gasteiger partial charge >= 0.3 is 11.8 Å². The van der Waals surface area contributed by atoms with Crippen LogP contribution < -0.4 is 10.6 Å². The highest BCUT2D eigenvalue weighted by atomic mass is 16.5. The van der Waals surface area contributed by atoms with Crippen LogP contribution in [0.5, 0.6) is 0 Å². The van der Waals surface area contributed by atoms with E-state index in [-0.39, 0.29) is 18.2 Å². The molecule has 0 radical (unpaired) electrons. The molecule has 11 heteroatoms. The zero-order chi connectivity index (χ0) is 29.9. The Morgan fingerprint density at radius 1 is 1.09 bits per heavy atom. The van der Waals surface area contributed by atoms with Crippen molar-refractivity contribution in [2.24, 2.45) is 5.92 Å². The Hall–Kier alpha value is -3.83. The molecule has 11 nitrogen and oxygen atoms in total. The molecule has 1 aromatic carbocycles. The Labute approximate surface area is 252 Å². The maximum absolute atomic E-state index is 13.8. The van der Waals surface area contributed by atoms with Crippen LogP contribution in [0.2, 0.25) is 0 Å². The molecule has 2 amide bonds. The number of nitrogens with zero attached hydrogens (tertiary/aromatic N) is 5. The number of carbonyl (C=O) groups excluding carboxylic acids is 2. The maximum atomic E-state index is 13.8. The highest BCUT2D eigenvalue weighted by molar-refractivity contribution is 6.40. The van der Waals surface area contributed by atoms with Gasteiger partial charge in [0.15, 0.2) is 0 Å². The summed E-state index contributed by atoms with van der Waals surface area (Å²) in [6.45, 7) is 5.41. The first-order valence-corrected chi connectivity index (χ1v) is 15.6. The maximum Gasteiger partial charge on any atom is 0.314 e. The van der Waals surface area contributed by atoms with Crippen molar-refractivity contribution in [1.29, 1.82) is 5.41 Å². The first-order valence-electron chi connectivity index (χ1n) is 15.6. The predicted molar refractivity (Wildman–Crippen MR) is 166 cm³/mol. The lowest BCUT2D eigenvalue weighted by atomic mass is 9.89. The highest BCUT2D eigenvalue weighted by Crippen LogP contribution is 2.36. The molecule has 43 heavy (non-hydrogen) atoms. The fraction of sp³-hybridized carbons (Fsp3) is 0.531. The third kappa shape index (κ3) is 6.42. The number of aromatic nitrogens is 3. The second-order valence-electron chi connectivity index (χ2n) is 12.4. The van der Waals surface area contributed by atoms with Crippen LogP contribution >= 0.6 is 0 Å². The van der Waals surface area contributed by atoms with E-state index in [2.05, 4.69) is 57.5 Å². The van der Waals surface area contributed by atoms with E-state index >= 15 is 0 Å². The van der Waals surface area contributed by atoms with Crippen LogP contribution in [-0.4, -0.2) is 82.1 Å². The van der Waals surface area contributed by atoms with Crippen LogP contribution in [0.1, 0.15) is 75.1 Å². The number of fused-ring (bicyclic) bond motifs is 1. The smallest absolute Gasteiger partial charge is 0.314 e. The van der Waals surface area contributed by atoms with E-state index in [1.807, 2.05) is 6.07 Å². The Balaban J connectivity index is 1.21. The molecule has 3 N–H and O–H groups in total. The number of amides is 2. The van der Waals surface area contributed by atoms with Gasteiger partial charge in [-0.05, 0) is 88.7 Å². The minimum atomic E-state index is -0.716. The Morgan fingerprint density at radius 3 is 2.70 bits per heavy atom. The summed E-state index contributed by atoms with van der Waals surface area (Å²) in [4.78, 5) is 35.5. The summed E-state index contributed by atoms with van der Waals surface area (Å²) >= 11 is 0. The van der Waals surface area contributed by atoms with E-state index in [1.165, 1.54) is 12.4 Å². The molecule has 5 heterocycles. The third-order valence-corrected chi connectivity index (χ3v) is 9.13. The summed E-state index contributed by atoms with van der Waals surface area (Å²) in [5.74, 6) is -1.00. The lowest BCUT2D eigenvalue weighted by Crippen LogP contribution is -2.46. The van der Waals surface area contributed by atoms with Gasteiger partial charge in [-0.15, -0.1) is 0 Å². The van der Waals surface area contributed by atoms with Crippen LogP contribution in [0.3, 0.4) is 0 Å². The molecule has 0 spiro atoms. The number of benzene rings is 1. The average molecular weight is 587 g/mol. The number of carbonyl (C=O) groups is 2. The van der Waals surface area contributed by atoms with Crippen LogP contribution in [0, 0.1) is 11.3 Å². The van der Waals surface area contributed by atoms with Crippen LogP contribution in [-0.2, 0) is 14.3 Å². The van der Waals surface area contributed by atoms with Crippen LogP contribution in [0.25, 0.3) is 10.9 Å². The minimum Gasteiger partial charge on any atom is -0.359 e.